The monoisotopic (exact) mass is 202 g/mol. The van der Waals surface area contributed by atoms with Gasteiger partial charge in [-0.05, 0) is 56.8 Å². The van der Waals surface area contributed by atoms with Gasteiger partial charge in [0.15, 0.2) is 0 Å². The Kier molecular flexibility index (Phi) is 2.86. The lowest BCUT2D eigenvalue weighted by Crippen LogP contribution is -2.19. The molecule has 2 saturated carbocycles. The first kappa shape index (κ1) is 10.7. The van der Waals surface area contributed by atoms with Crippen molar-refractivity contribution in [1.29, 1.82) is 0 Å². The van der Waals surface area contributed by atoms with E-state index < -0.39 is 0 Å². The number of rotatable bonds is 1. The van der Waals surface area contributed by atoms with E-state index in [1.165, 1.54) is 48.8 Å². The molecule has 0 radical (unpaired) electrons. The quantitative estimate of drug-likeness (QED) is 0.549. The summed E-state index contributed by atoms with van der Waals surface area (Å²) in [5, 5.41) is 0. The molecule has 0 amide bonds. The molecule has 0 bridgehead atoms. The van der Waals surface area contributed by atoms with Gasteiger partial charge >= 0.3 is 0 Å². The summed E-state index contributed by atoms with van der Waals surface area (Å²) >= 11 is 0. The first-order chi connectivity index (χ1) is 7.11. The Morgan fingerprint density at radius 1 is 1.13 bits per heavy atom. The molecule has 2 fully saturated rings. The second-order valence-electron chi connectivity index (χ2n) is 5.33. The molecule has 0 saturated heterocycles. The lowest BCUT2D eigenvalue weighted by molar-refractivity contribution is 0.369. The number of fused-ring (bicyclic) bond motifs is 1. The van der Waals surface area contributed by atoms with Gasteiger partial charge in [-0.25, -0.2) is 0 Å². The number of hydrogen-bond acceptors (Lipinski definition) is 0. The fraction of sp³-hybridized carbons (Fsp3) is 0.600. The zero-order chi connectivity index (χ0) is 11.0. The molecule has 2 rings (SSSR count). The van der Waals surface area contributed by atoms with Crippen LogP contribution in [0.1, 0.15) is 39.0 Å². The van der Waals surface area contributed by atoms with Crippen LogP contribution in [0.2, 0.25) is 0 Å². The SMILES string of the molecule is C=C(C)C1CCCC(=C)C2CCC(=C)C12. The maximum absolute atomic E-state index is 4.27. The van der Waals surface area contributed by atoms with Crippen molar-refractivity contribution < 1.29 is 0 Å². The van der Waals surface area contributed by atoms with E-state index >= 15 is 0 Å². The van der Waals surface area contributed by atoms with Crippen LogP contribution in [0.3, 0.4) is 0 Å². The summed E-state index contributed by atoms with van der Waals surface area (Å²) in [7, 11) is 0. The van der Waals surface area contributed by atoms with Crippen LogP contribution in [0.15, 0.2) is 36.5 Å². The fourth-order valence-corrected chi connectivity index (χ4v) is 3.46. The predicted octanol–water partition coefficient (Wildman–Crippen LogP) is 4.50. The van der Waals surface area contributed by atoms with E-state index in [2.05, 4.69) is 26.7 Å². The standard InChI is InChI=1S/C15H22/c1-10(2)13-7-5-6-11(3)14-9-8-12(4)15(13)14/h13-15H,1,3-9H2,2H3. The Balaban J connectivity index is 2.30. The molecule has 3 atom stereocenters. The van der Waals surface area contributed by atoms with Crippen LogP contribution >= 0.6 is 0 Å². The lowest BCUT2D eigenvalue weighted by atomic mass is 9.77. The van der Waals surface area contributed by atoms with E-state index in [-0.39, 0.29) is 0 Å². The Morgan fingerprint density at radius 2 is 1.87 bits per heavy atom. The van der Waals surface area contributed by atoms with Crippen LogP contribution in [-0.4, -0.2) is 0 Å². The minimum atomic E-state index is 0.664. The molecule has 0 aromatic rings. The fourth-order valence-electron chi connectivity index (χ4n) is 3.46. The average molecular weight is 202 g/mol. The molecule has 0 aromatic carbocycles. The van der Waals surface area contributed by atoms with Gasteiger partial charge in [-0.2, -0.15) is 0 Å². The summed E-state index contributed by atoms with van der Waals surface area (Å²) in [6.45, 7) is 14.9. The van der Waals surface area contributed by atoms with Crippen LogP contribution in [0.25, 0.3) is 0 Å². The van der Waals surface area contributed by atoms with Crippen LogP contribution in [0, 0.1) is 17.8 Å². The van der Waals surface area contributed by atoms with Gasteiger partial charge in [-0.3, -0.25) is 0 Å². The predicted molar refractivity (Wildman–Crippen MR) is 66.6 cm³/mol. The molecular formula is C15H22. The van der Waals surface area contributed by atoms with Gasteiger partial charge in [0.25, 0.3) is 0 Å². The highest BCUT2D eigenvalue weighted by Crippen LogP contribution is 2.50. The minimum absolute atomic E-state index is 0.664. The third-order valence-electron chi connectivity index (χ3n) is 4.29. The topological polar surface area (TPSA) is 0 Å². The largest absolute Gasteiger partial charge is 0.0998 e. The molecule has 15 heavy (non-hydrogen) atoms. The highest BCUT2D eigenvalue weighted by Gasteiger charge is 2.39. The van der Waals surface area contributed by atoms with E-state index in [1.54, 1.807) is 0 Å². The van der Waals surface area contributed by atoms with Crippen molar-refractivity contribution in [3.05, 3.63) is 36.5 Å². The van der Waals surface area contributed by atoms with Crippen LogP contribution in [0.4, 0.5) is 0 Å². The molecule has 0 spiro atoms. The normalized spacial score (nSPS) is 36.2. The van der Waals surface area contributed by atoms with Gasteiger partial charge in [0, 0.05) is 0 Å². The van der Waals surface area contributed by atoms with Crippen molar-refractivity contribution in [1.82, 2.24) is 0 Å². The molecule has 0 aromatic heterocycles. The Labute approximate surface area is 93.8 Å². The van der Waals surface area contributed by atoms with Gasteiger partial charge in [0.05, 0.1) is 0 Å². The maximum Gasteiger partial charge on any atom is -0.00749 e. The molecule has 0 heterocycles. The lowest BCUT2D eigenvalue weighted by Gasteiger charge is -2.28. The Morgan fingerprint density at radius 3 is 2.53 bits per heavy atom. The Bertz CT molecular complexity index is 308. The summed E-state index contributed by atoms with van der Waals surface area (Å²) < 4.78 is 0. The van der Waals surface area contributed by atoms with Crippen molar-refractivity contribution in [2.45, 2.75) is 39.0 Å². The van der Waals surface area contributed by atoms with Gasteiger partial charge < -0.3 is 0 Å². The zero-order valence-electron chi connectivity index (χ0n) is 9.89. The van der Waals surface area contributed by atoms with Gasteiger partial charge in [-0.1, -0.05) is 36.5 Å². The van der Waals surface area contributed by atoms with E-state index in [9.17, 15) is 0 Å². The van der Waals surface area contributed by atoms with Crippen LogP contribution < -0.4 is 0 Å². The molecule has 82 valence electrons. The Hall–Kier alpha value is -0.780. The van der Waals surface area contributed by atoms with E-state index in [1.807, 2.05) is 0 Å². The van der Waals surface area contributed by atoms with Crippen molar-refractivity contribution in [3.63, 3.8) is 0 Å². The van der Waals surface area contributed by atoms with Crippen molar-refractivity contribution in [3.8, 4) is 0 Å². The molecular weight excluding hydrogens is 180 g/mol. The molecule has 0 nitrogen and oxygen atoms in total. The van der Waals surface area contributed by atoms with Gasteiger partial charge in [0.2, 0.25) is 0 Å². The zero-order valence-corrected chi connectivity index (χ0v) is 9.89. The summed E-state index contributed by atoms with van der Waals surface area (Å²) in [6.07, 6.45) is 6.29. The smallest absolute Gasteiger partial charge is 0.00749 e. The van der Waals surface area contributed by atoms with Crippen LogP contribution in [0.5, 0.6) is 0 Å². The van der Waals surface area contributed by atoms with Gasteiger partial charge in [0.1, 0.15) is 0 Å². The van der Waals surface area contributed by atoms with Gasteiger partial charge in [-0.15, -0.1) is 0 Å². The summed E-state index contributed by atoms with van der Waals surface area (Å²) in [5.41, 5.74) is 4.28. The average Bonchev–Trinajstić information content (AvgIpc) is 2.45. The van der Waals surface area contributed by atoms with Crippen molar-refractivity contribution in [2.75, 3.05) is 0 Å². The molecule has 3 unspecified atom stereocenters. The first-order valence-electron chi connectivity index (χ1n) is 6.12. The molecule has 0 N–H and O–H groups in total. The second-order valence-corrected chi connectivity index (χ2v) is 5.33. The van der Waals surface area contributed by atoms with Crippen molar-refractivity contribution >= 4 is 0 Å². The summed E-state index contributed by atoms with van der Waals surface area (Å²) in [6, 6.07) is 0. The highest BCUT2D eigenvalue weighted by atomic mass is 14.4. The molecule has 0 heteroatoms. The van der Waals surface area contributed by atoms with E-state index in [0.29, 0.717) is 17.8 Å². The number of allylic oxidation sites excluding steroid dienone is 3. The van der Waals surface area contributed by atoms with E-state index in [0.717, 1.165) is 0 Å². The maximum atomic E-state index is 4.27. The molecule has 2 aliphatic carbocycles. The van der Waals surface area contributed by atoms with Crippen LogP contribution in [-0.2, 0) is 0 Å². The molecule has 0 aliphatic heterocycles. The third kappa shape index (κ3) is 1.82. The van der Waals surface area contributed by atoms with E-state index in [4.69, 9.17) is 0 Å². The summed E-state index contributed by atoms with van der Waals surface area (Å²) in [4.78, 5) is 0. The van der Waals surface area contributed by atoms with Crippen molar-refractivity contribution in [2.24, 2.45) is 17.8 Å². The first-order valence-corrected chi connectivity index (χ1v) is 6.12. The summed E-state index contributed by atoms with van der Waals surface area (Å²) in [5.74, 6) is 2.04. The minimum Gasteiger partial charge on any atom is -0.0998 e. The second kappa shape index (κ2) is 4.00. The molecule has 2 aliphatic rings. The third-order valence-corrected chi connectivity index (χ3v) is 4.29. The highest BCUT2D eigenvalue weighted by molar-refractivity contribution is 5.24. The number of hydrogen-bond donors (Lipinski definition) is 0.